The molecule has 1 fully saturated rings. The van der Waals surface area contributed by atoms with Crippen molar-refractivity contribution < 1.29 is 0 Å². The molecule has 0 spiro atoms. The molecule has 0 saturated carbocycles. The summed E-state index contributed by atoms with van der Waals surface area (Å²) in [5, 5.41) is 3.80. The summed E-state index contributed by atoms with van der Waals surface area (Å²) in [6.07, 6.45) is 8.03. The van der Waals surface area contributed by atoms with E-state index in [1.165, 1.54) is 51.6 Å². The minimum absolute atomic E-state index is 0.371. The van der Waals surface area contributed by atoms with Crippen molar-refractivity contribution in [3.05, 3.63) is 0 Å². The second-order valence-corrected chi connectivity index (χ2v) is 6.73. The molecule has 3 unspecified atom stereocenters. The standard InChI is InChI=1S/C17H36N2/c1-6-9-10-11-12-19-13-16(15(4)7-2)18-14-17(19,5)8-3/h15-16,18H,6-14H2,1-5H3. The molecule has 0 bridgehead atoms. The summed E-state index contributed by atoms with van der Waals surface area (Å²) in [7, 11) is 0. The zero-order chi connectivity index (χ0) is 14.3. The highest BCUT2D eigenvalue weighted by Crippen LogP contribution is 2.26. The molecule has 2 heteroatoms. The van der Waals surface area contributed by atoms with Crippen LogP contribution in [-0.4, -0.2) is 36.1 Å². The maximum atomic E-state index is 3.80. The molecule has 0 aromatic carbocycles. The Labute approximate surface area is 121 Å². The molecule has 0 aromatic rings. The van der Waals surface area contributed by atoms with Gasteiger partial charge in [0.25, 0.3) is 0 Å². The Balaban J connectivity index is 2.53. The zero-order valence-electron chi connectivity index (χ0n) is 14.0. The van der Waals surface area contributed by atoms with Gasteiger partial charge in [-0.1, -0.05) is 53.4 Å². The molecule has 1 saturated heterocycles. The molecule has 3 atom stereocenters. The summed E-state index contributed by atoms with van der Waals surface area (Å²) in [5.41, 5.74) is 0.371. The molecule has 1 heterocycles. The first-order valence-corrected chi connectivity index (χ1v) is 8.55. The van der Waals surface area contributed by atoms with Crippen LogP contribution in [0.2, 0.25) is 0 Å². The number of hydrogen-bond donors (Lipinski definition) is 1. The fraction of sp³-hybridized carbons (Fsp3) is 1.00. The minimum Gasteiger partial charge on any atom is -0.311 e. The molecule has 0 aromatic heterocycles. The molecule has 0 radical (unpaired) electrons. The smallest absolute Gasteiger partial charge is 0.0303 e. The highest BCUT2D eigenvalue weighted by Gasteiger charge is 2.36. The Bertz CT molecular complexity index is 241. The first-order chi connectivity index (χ1) is 9.07. The van der Waals surface area contributed by atoms with E-state index in [1.54, 1.807) is 0 Å². The molecule has 1 N–H and O–H groups in total. The van der Waals surface area contributed by atoms with Crippen molar-refractivity contribution in [2.24, 2.45) is 5.92 Å². The number of rotatable bonds is 8. The van der Waals surface area contributed by atoms with Crippen molar-refractivity contribution in [2.75, 3.05) is 19.6 Å². The minimum atomic E-state index is 0.371. The average molecular weight is 268 g/mol. The first kappa shape index (κ1) is 17.0. The first-order valence-electron chi connectivity index (χ1n) is 8.55. The Kier molecular flexibility index (Phi) is 7.38. The highest BCUT2D eigenvalue weighted by atomic mass is 15.3. The van der Waals surface area contributed by atoms with Crippen molar-refractivity contribution in [3.63, 3.8) is 0 Å². The van der Waals surface area contributed by atoms with Crippen molar-refractivity contribution in [2.45, 2.75) is 84.7 Å². The summed E-state index contributed by atoms with van der Waals surface area (Å²) in [4.78, 5) is 2.77. The Morgan fingerprint density at radius 3 is 2.53 bits per heavy atom. The Morgan fingerprint density at radius 2 is 1.95 bits per heavy atom. The monoisotopic (exact) mass is 268 g/mol. The summed E-state index contributed by atoms with van der Waals surface area (Å²) in [6, 6.07) is 0.691. The van der Waals surface area contributed by atoms with E-state index in [-0.39, 0.29) is 0 Å². The molecular formula is C17H36N2. The molecule has 114 valence electrons. The highest BCUT2D eigenvalue weighted by molar-refractivity contribution is 4.96. The van der Waals surface area contributed by atoms with Gasteiger partial charge in [0, 0.05) is 24.7 Å². The van der Waals surface area contributed by atoms with Crippen molar-refractivity contribution in [1.29, 1.82) is 0 Å². The van der Waals surface area contributed by atoms with E-state index >= 15 is 0 Å². The van der Waals surface area contributed by atoms with Crippen LogP contribution in [0.1, 0.15) is 73.1 Å². The van der Waals surface area contributed by atoms with Gasteiger partial charge in [0.1, 0.15) is 0 Å². The van der Waals surface area contributed by atoms with E-state index in [0.29, 0.717) is 11.6 Å². The molecule has 1 rings (SSSR count). The Morgan fingerprint density at radius 1 is 1.21 bits per heavy atom. The van der Waals surface area contributed by atoms with Gasteiger partial charge in [-0.2, -0.15) is 0 Å². The van der Waals surface area contributed by atoms with Gasteiger partial charge in [0.2, 0.25) is 0 Å². The van der Waals surface area contributed by atoms with Crippen LogP contribution in [0.4, 0.5) is 0 Å². The van der Waals surface area contributed by atoms with Crippen LogP contribution in [0, 0.1) is 5.92 Å². The van der Waals surface area contributed by atoms with Gasteiger partial charge in [-0.05, 0) is 32.2 Å². The predicted octanol–water partition coefficient (Wildman–Crippen LogP) is 4.06. The lowest BCUT2D eigenvalue weighted by Gasteiger charge is -2.49. The SMILES string of the molecule is CCCCCCN1CC(C(C)CC)NCC1(C)CC. The van der Waals surface area contributed by atoms with Gasteiger partial charge in [-0.25, -0.2) is 0 Å². The Hall–Kier alpha value is -0.0800. The van der Waals surface area contributed by atoms with Crippen LogP contribution in [0.25, 0.3) is 0 Å². The second kappa shape index (κ2) is 8.26. The molecule has 19 heavy (non-hydrogen) atoms. The van der Waals surface area contributed by atoms with Crippen LogP contribution in [0.15, 0.2) is 0 Å². The van der Waals surface area contributed by atoms with Crippen molar-refractivity contribution >= 4 is 0 Å². The normalized spacial score (nSPS) is 30.5. The number of unbranched alkanes of at least 4 members (excludes halogenated alkanes) is 3. The summed E-state index contributed by atoms with van der Waals surface area (Å²) >= 11 is 0. The fourth-order valence-electron chi connectivity index (χ4n) is 3.09. The van der Waals surface area contributed by atoms with E-state index in [1.807, 2.05) is 0 Å². The summed E-state index contributed by atoms with van der Waals surface area (Å²) < 4.78 is 0. The molecule has 0 amide bonds. The molecular weight excluding hydrogens is 232 g/mol. The van der Waals surface area contributed by atoms with E-state index in [4.69, 9.17) is 0 Å². The topological polar surface area (TPSA) is 15.3 Å². The van der Waals surface area contributed by atoms with Crippen LogP contribution < -0.4 is 5.32 Å². The number of nitrogens with zero attached hydrogens (tertiary/aromatic N) is 1. The van der Waals surface area contributed by atoms with E-state index in [9.17, 15) is 0 Å². The maximum absolute atomic E-state index is 3.80. The average Bonchev–Trinajstić information content (AvgIpc) is 2.44. The molecule has 1 aliphatic rings. The zero-order valence-corrected chi connectivity index (χ0v) is 14.0. The largest absolute Gasteiger partial charge is 0.311 e. The third kappa shape index (κ3) is 4.75. The van der Waals surface area contributed by atoms with E-state index in [2.05, 4.69) is 44.8 Å². The number of nitrogens with one attached hydrogen (secondary N) is 1. The van der Waals surface area contributed by atoms with Gasteiger partial charge < -0.3 is 5.32 Å². The van der Waals surface area contributed by atoms with Gasteiger partial charge in [-0.3, -0.25) is 4.90 Å². The van der Waals surface area contributed by atoms with Crippen LogP contribution in [0.3, 0.4) is 0 Å². The van der Waals surface area contributed by atoms with Gasteiger partial charge in [0.05, 0.1) is 0 Å². The quantitative estimate of drug-likeness (QED) is 0.668. The molecule has 2 nitrogen and oxygen atoms in total. The fourth-order valence-corrected chi connectivity index (χ4v) is 3.09. The lowest BCUT2D eigenvalue weighted by molar-refractivity contribution is 0.0349. The van der Waals surface area contributed by atoms with Gasteiger partial charge in [-0.15, -0.1) is 0 Å². The van der Waals surface area contributed by atoms with Crippen molar-refractivity contribution in [3.8, 4) is 0 Å². The van der Waals surface area contributed by atoms with Crippen LogP contribution in [0.5, 0.6) is 0 Å². The molecule has 1 aliphatic heterocycles. The predicted molar refractivity (Wildman–Crippen MR) is 85.7 cm³/mol. The van der Waals surface area contributed by atoms with Gasteiger partial charge in [0.15, 0.2) is 0 Å². The molecule has 0 aliphatic carbocycles. The lowest BCUT2D eigenvalue weighted by atomic mass is 9.87. The van der Waals surface area contributed by atoms with E-state index in [0.717, 1.165) is 12.5 Å². The van der Waals surface area contributed by atoms with E-state index < -0.39 is 0 Å². The maximum Gasteiger partial charge on any atom is 0.0303 e. The lowest BCUT2D eigenvalue weighted by Crippen LogP contribution is -2.64. The second-order valence-electron chi connectivity index (χ2n) is 6.73. The van der Waals surface area contributed by atoms with Crippen LogP contribution >= 0.6 is 0 Å². The number of piperazine rings is 1. The third-order valence-electron chi connectivity index (χ3n) is 5.30. The van der Waals surface area contributed by atoms with Crippen LogP contribution in [-0.2, 0) is 0 Å². The number of hydrogen-bond acceptors (Lipinski definition) is 2. The summed E-state index contributed by atoms with van der Waals surface area (Å²) in [5.74, 6) is 0.791. The van der Waals surface area contributed by atoms with Crippen molar-refractivity contribution in [1.82, 2.24) is 10.2 Å². The summed E-state index contributed by atoms with van der Waals surface area (Å²) in [6.45, 7) is 15.5. The van der Waals surface area contributed by atoms with Gasteiger partial charge >= 0.3 is 0 Å². The third-order valence-corrected chi connectivity index (χ3v) is 5.30.